The average Bonchev–Trinajstić information content (AvgIpc) is 2.38. The van der Waals surface area contributed by atoms with Gasteiger partial charge in [-0.1, -0.05) is 33.1 Å². The molecule has 5 nitrogen and oxygen atoms in total. The topological polar surface area (TPSA) is 75.9 Å². The third kappa shape index (κ3) is 3.56. The molecule has 0 radical (unpaired) electrons. The molecule has 0 unspecified atom stereocenters. The molecule has 1 aromatic rings. The zero-order valence-electron chi connectivity index (χ0n) is 12.2. The predicted octanol–water partition coefficient (Wildman–Crippen LogP) is 3.02. The largest absolute Gasteiger partial charge is 0.365 e. The highest BCUT2D eigenvalue weighted by Gasteiger charge is 2.27. The fourth-order valence-corrected chi connectivity index (χ4v) is 2.63. The summed E-state index contributed by atoms with van der Waals surface area (Å²) in [5.41, 5.74) is 2.77. The maximum absolute atomic E-state index is 5.49. The third-order valence-electron chi connectivity index (χ3n) is 3.79. The molecule has 4 N–H and O–H groups in total. The van der Waals surface area contributed by atoms with Crippen molar-refractivity contribution in [3.05, 3.63) is 11.9 Å². The van der Waals surface area contributed by atoms with E-state index in [4.69, 9.17) is 5.84 Å². The van der Waals surface area contributed by atoms with E-state index < -0.39 is 0 Å². The van der Waals surface area contributed by atoms with E-state index in [0.29, 0.717) is 5.82 Å². The first-order valence-corrected chi connectivity index (χ1v) is 7.16. The van der Waals surface area contributed by atoms with Crippen LogP contribution in [0.3, 0.4) is 0 Å². The number of aromatic nitrogens is 2. The van der Waals surface area contributed by atoms with E-state index >= 15 is 0 Å². The molecule has 1 aromatic heterocycles. The van der Waals surface area contributed by atoms with Crippen molar-refractivity contribution < 1.29 is 0 Å². The lowest BCUT2D eigenvalue weighted by molar-refractivity contribution is 0.348. The predicted molar refractivity (Wildman–Crippen MR) is 79.0 cm³/mol. The Morgan fingerprint density at radius 1 is 1.16 bits per heavy atom. The highest BCUT2D eigenvalue weighted by molar-refractivity contribution is 5.48. The van der Waals surface area contributed by atoms with Crippen molar-refractivity contribution in [2.75, 3.05) is 10.7 Å². The lowest BCUT2D eigenvalue weighted by Crippen LogP contribution is -2.37. The summed E-state index contributed by atoms with van der Waals surface area (Å²) in [7, 11) is 0. The minimum absolute atomic E-state index is 0.146. The maximum atomic E-state index is 5.49. The van der Waals surface area contributed by atoms with Crippen LogP contribution in [0.1, 0.15) is 64.6 Å². The number of hydrazine groups is 1. The normalized spacial score (nSPS) is 18.4. The first-order valence-electron chi connectivity index (χ1n) is 7.16. The van der Waals surface area contributed by atoms with Gasteiger partial charge in [0.25, 0.3) is 0 Å². The quantitative estimate of drug-likeness (QED) is 0.575. The molecule has 0 bridgehead atoms. The van der Waals surface area contributed by atoms with E-state index in [1.165, 1.54) is 32.1 Å². The Morgan fingerprint density at radius 2 is 1.79 bits per heavy atom. The molecular formula is C14H25N5. The Bertz CT molecular complexity index is 424. The Kier molecular flexibility index (Phi) is 4.24. The summed E-state index contributed by atoms with van der Waals surface area (Å²) in [5.74, 6) is 8.13. The molecule has 0 spiro atoms. The molecule has 1 fully saturated rings. The van der Waals surface area contributed by atoms with Gasteiger partial charge in [0.15, 0.2) is 0 Å². The number of anilines is 2. The van der Waals surface area contributed by atoms with Crippen LogP contribution in [-0.2, 0) is 0 Å². The van der Waals surface area contributed by atoms with Crippen LogP contribution in [0.15, 0.2) is 6.07 Å². The van der Waals surface area contributed by atoms with Crippen LogP contribution in [0.25, 0.3) is 0 Å². The SMILES string of the molecule is CC(C)c1nc(NN)cc(NC2(C)CCCCC2)n1. The van der Waals surface area contributed by atoms with Gasteiger partial charge in [0.1, 0.15) is 17.5 Å². The number of nitrogens with two attached hydrogens (primary N) is 1. The van der Waals surface area contributed by atoms with E-state index in [9.17, 15) is 0 Å². The van der Waals surface area contributed by atoms with Crippen LogP contribution in [0.2, 0.25) is 0 Å². The molecule has 2 rings (SSSR count). The van der Waals surface area contributed by atoms with Crippen LogP contribution in [0.4, 0.5) is 11.6 Å². The van der Waals surface area contributed by atoms with Gasteiger partial charge < -0.3 is 10.7 Å². The lowest BCUT2D eigenvalue weighted by atomic mass is 9.83. The molecule has 19 heavy (non-hydrogen) atoms. The molecule has 0 amide bonds. The summed E-state index contributed by atoms with van der Waals surface area (Å²) in [5, 5.41) is 3.58. The van der Waals surface area contributed by atoms with Gasteiger partial charge in [-0.05, 0) is 19.8 Å². The summed E-state index contributed by atoms with van der Waals surface area (Å²) in [6.45, 7) is 6.45. The molecule has 0 aromatic carbocycles. The minimum atomic E-state index is 0.146. The highest BCUT2D eigenvalue weighted by atomic mass is 15.3. The number of nitrogens with one attached hydrogen (secondary N) is 2. The van der Waals surface area contributed by atoms with Gasteiger partial charge in [-0.15, -0.1) is 0 Å². The Hall–Kier alpha value is -1.36. The fraction of sp³-hybridized carbons (Fsp3) is 0.714. The smallest absolute Gasteiger partial charge is 0.145 e. The number of nitrogen functional groups attached to an aromatic ring is 1. The van der Waals surface area contributed by atoms with E-state index in [0.717, 1.165) is 11.6 Å². The molecule has 1 aliphatic carbocycles. The van der Waals surface area contributed by atoms with Crippen molar-refractivity contribution >= 4 is 11.6 Å². The summed E-state index contributed by atoms with van der Waals surface area (Å²) in [6, 6.07) is 1.88. The highest BCUT2D eigenvalue weighted by Crippen LogP contribution is 2.31. The van der Waals surface area contributed by atoms with E-state index in [1.807, 2.05) is 6.07 Å². The van der Waals surface area contributed by atoms with Crippen LogP contribution < -0.4 is 16.6 Å². The molecular weight excluding hydrogens is 238 g/mol. The molecule has 1 aliphatic rings. The second-order valence-electron chi connectivity index (χ2n) is 6.04. The summed E-state index contributed by atoms with van der Waals surface area (Å²) in [4.78, 5) is 8.98. The molecule has 106 valence electrons. The molecule has 1 heterocycles. The van der Waals surface area contributed by atoms with Crippen molar-refractivity contribution in [2.45, 2.75) is 64.3 Å². The third-order valence-corrected chi connectivity index (χ3v) is 3.79. The van der Waals surface area contributed by atoms with Crippen molar-refractivity contribution in [1.29, 1.82) is 0 Å². The Morgan fingerprint density at radius 3 is 2.37 bits per heavy atom. The van der Waals surface area contributed by atoms with Gasteiger partial charge in [0.2, 0.25) is 0 Å². The van der Waals surface area contributed by atoms with Gasteiger partial charge in [-0.3, -0.25) is 0 Å². The van der Waals surface area contributed by atoms with Crippen LogP contribution in [0.5, 0.6) is 0 Å². The Balaban J connectivity index is 2.21. The summed E-state index contributed by atoms with van der Waals surface area (Å²) in [6.07, 6.45) is 6.30. The zero-order chi connectivity index (χ0) is 13.9. The van der Waals surface area contributed by atoms with Crippen molar-refractivity contribution in [3.8, 4) is 0 Å². The number of hydrogen-bond donors (Lipinski definition) is 3. The van der Waals surface area contributed by atoms with Gasteiger partial charge >= 0.3 is 0 Å². The number of rotatable bonds is 4. The van der Waals surface area contributed by atoms with Gasteiger partial charge in [0.05, 0.1) is 0 Å². The van der Waals surface area contributed by atoms with Gasteiger partial charge in [-0.25, -0.2) is 15.8 Å². The van der Waals surface area contributed by atoms with Gasteiger partial charge in [-0.2, -0.15) is 0 Å². The standard InChI is InChI=1S/C14H25N5/c1-10(2)13-16-11(9-12(17-13)19-15)18-14(3)7-5-4-6-8-14/h9-10H,4-8,15H2,1-3H3,(H2,16,17,18,19). The number of nitrogens with zero attached hydrogens (tertiary/aromatic N) is 2. The van der Waals surface area contributed by atoms with Crippen LogP contribution in [0, 0.1) is 0 Å². The molecule has 5 heteroatoms. The van der Waals surface area contributed by atoms with Crippen molar-refractivity contribution in [3.63, 3.8) is 0 Å². The van der Waals surface area contributed by atoms with Crippen LogP contribution >= 0.6 is 0 Å². The van der Waals surface area contributed by atoms with Crippen LogP contribution in [-0.4, -0.2) is 15.5 Å². The van der Waals surface area contributed by atoms with E-state index in [2.05, 4.69) is 41.5 Å². The fourth-order valence-electron chi connectivity index (χ4n) is 2.63. The molecule has 0 atom stereocenters. The maximum Gasteiger partial charge on any atom is 0.145 e. The summed E-state index contributed by atoms with van der Waals surface area (Å²) < 4.78 is 0. The Labute approximate surface area is 115 Å². The van der Waals surface area contributed by atoms with Crippen molar-refractivity contribution in [2.24, 2.45) is 5.84 Å². The first-order chi connectivity index (χ1) is 9.02. The molecule has 0 saturated heterocycles. The first kappa shape index (κ1) is 14.1. The second-order valence-corrected chi connectivity index (χ2v) is 6.04. The summed E-state index contributed by atoms with van der Waals surface area (Å²) >= 11 is 0. The minimum Gasteiger partial charge on any atom is -0.365 e. The van der Waals surface area contributed by atoms with E-state index in [-0.39, 0.29) is 11.5 Å². The van der Waals surface area contributed by atoms with E-state index in [1.54, 1.807) is 0 Å². The average molecular weight is 263 g/mol. The number of hydrogen-bond acceptors (Lipinski definition) is 5. The van der Waals surface area contributed by atoms with Gasteiger partial charge in [0, 0.05) is 17.5 Å². The molecule has 0 aliphatic heterocycles. The lowest BCUT2D eigenvalue weighted by Gasteiger charge is -2.35. The van der Waals surface area contributed by atoms with Crippen molar-refractivity contribution in [1.82, 2.24) is 9.97 Å². The monoisotopic (exact) mass is 263 g/mol. The molecule has 1 saturated carbocycles. The second kappa shape index (κ2) is 5.74. The zero-order valence-corrected chi connectivity index (χ0v) is 12.2.